The minimum atomic E-state index is -0.226. The lowest BCUT2D eigenvalue weighted by molar-refractivity contribution is -0.101. The Balaban J connectivity index is 1.82. The second-order valence-electron chi connectivity index (χ2n) is 5.01. The Bertz CT molecular complexity index is 181. The lowest BCUT2D eigenvalue weighted by atomic mass is 9.90. The Kier molecular flexibility index (Phi) is 3.13. The fourth-order valence-corrected chi connectivity index (χ4v) is 2.71. The van der Waals surface area contributed by atoms with Gasteiger partial charge in [0.1, 0.15) is 0 Å². The van der Waals surface area contributed by atoms with Crippen LogP contribution in [0.3, 0.4) is 0 Å². The molecule has 0 saturated heterocycles. The molecule has 0 amide bonds. The van der Waals surface area contributed by atoms with E-state index in [2.05, 4.69) is 0 Å². The van der Waals surface area contributed by atoms with Crippen molar-refractivity contribution in [1.82, 2.24) is 0 Å². The van der Waals surface area contributed by atoms with Crippen molar-refractivity contribution in [1.29, 1.82) is 0 Å². The van der Waals surface area contributed by atoms with E-state index in [0.29, 0.717) is 0 Å². The molecule has 1 unspecified atom stereocenters. The predicted octanol–water partition coefficient (Wildman–Crippen LogP) is 2.50. The molecule has 2 heteroatoms. The van der Waals surface area contributed by atoms with Gasteiger partial charge in [0.05, 0.1) is 11.7 Å². The number of aliphatic hydroxyl groups is 1. The summed E-state index contributed by atoms with van der Waals surface area (Å²) in [5.74, 6) is 0.917. The summed E-state index contributed by atoms with van der Waals surface area (Å²) >= 11 is 0. The number of ether oxygens (including phenoxy) is 1. The van der Waals surface area contributed by atoms with Gasteiger partial charge in [-0.25, -0.2) is 0 Å². The first kappa shape index (κ1) is 10.4. The molecule has 0 bridgehead atoms. The van der Waals surface area contributed by atoms with Crippen molar-refractivity contribution in [2.75, 3.05) is 7.11 Å². The highest BCUT2D eigenvalue weighted by atomic mass is 16.5. The first-order valence-corrected chi connectivity index (χ1v) is 6.00. The van der Waals surface area contributed by atoms with Crippen LogP contribution in [0.2, 0.25) is 0 Å². The summed E-state index contributed by atoms with van der Waals surface area (Å²) in [5.41, 5.74) is -0.186. The lowest BCUT2D eigenvalue weighted by Crippen LogP contribution is -2.41. The second-order valence-corrected chi connectivity index (χ2v) is 5.01. The summed E-state index contributed by atoms with van der Waals surface area (Å²) in [6.45, 7) is 0. The molecule has 14 heavy (non-hydrogen) atoms. The van der Waals surface area contributed by atoms with Crippen molar-refractivity contribution in [2.45, 2.75) is 63.1 Å². The molecule has 1 atom stereocenters. The third kappa shape index (κ3) is 2.12. The Morgan fingerprint density at radius 1 is 1.36 bits per heavy atom. The van der Waals surface area contributed by atoms with E-state index in [1.54, 1.807) is 7.11 Å². The van der Waals surface area contributed by atoms with Crippen LogP contribution in [0.4, 0.5) is 0 Å². The number of rotatable bonds is 5. The molecular weight excluding hydrogens is 176 g/mol. The van der Waals surface area contributed by atoms with Gasteiger partial charge in [-0.2, -0.15) is 0 Å². The van der Waals surface area contributed by atoms with Crippen LogP contribution in [0.5, 0.6) is 0 Å². The summed E-state index contributed by atoms with van der Waals surface area (Å²) in [6, 6.07) is 0. The summed E-state index contributed by atoms with van der Waals surface area (Å²) < 4.78 is 5.56. The molecule has 2 saturated carbocycles. The maximum Gasteiger partial charge on any atom is 0.0936 e. The van der Waals surface area contributed by atoms with Crippen molar-refractivity contribution >= 4 is 0 Å². The van der Waals surface area contributed by atoms with Gasteiger partial charge < -0.3 is 9.84 Å². The van der Waals surface area contributed by atoms with Crippen LogP contribution < -0.4 is 0 Å². The minimum Gasteiger partial charge on any atom is -0.390 e. The van der Waals surface area contributed by atoms with E-state index in [1.807, 2.05) is 0 Å². The lowest BCUT2D eigenvalue weighted by Gasteiger charge is -2.32. The van der Waals surface area contributed by atoms with Crippen molar-refractivity contribution in [3.05, 3.63) is 0 Å². The average Bonchev–Trinajstić information content (AvgIpc) is 2.90. The number of hydrogen-bond acceptors (Lipinski definition) is 2. The Labute approximate surface area is 86.6 Å². The van der Waals surface area contributed by atoms with Crippen LogP contribution in [-0.2, 0) is 4.74 Å². The highest BCUT2D eigenvalue weighted by molar-refractivity contribution is 4.93. The van der Waals surface area contributed by atoms with Crippen LogP contribution in [0, 0.1) is 5.92 Å². The number of aliphatic hydroxyl groups excluding tert-OH is 1. The third-order valence-electron chi connectivity index (χ3n) is 4.01. The van der Waals surface area contributed by atoms with E-state index in [9.17, 15) is 5.11 Å². The fraction of sp³-hybridized carbons (Fsp3) is 1.00. The van der Waals surface area contributed by atoms with Crippen LogP contribution in [-0.4, -0.2) is 23.9 Å². The van der Waals surface area contributed by atoms with Gasteiger partial charge in [-0.3, -0.25) is 0 Å². The molecule has 0 radical (unpaired) electrons. The Morgan fingerprint density at radius 3 is 2.50 bits per heavy atom. The molecule has 0 aliphatic heterocycles. The fourth-order valence-electron chi connectivity index (χ4n) is 2.71. The molecule has 0 aromatic rings. The molecule has 2 aliphatic rings. The zero-order valence-electron chi connectivity index (χ0n) is 9.17. The minimum absolute atomic E-state index is 0.186. The molecule has 0 heterocycles. The summed E-state index contributed by atoms with van der Waals surface area (Å²) in [5, 5.41) is 10.2. The van der Waals surface area contributed by atoms with E-state index in [4.69, 9.17) is 4.74 Å². The SMILES string of the molecule is COC1(C(O)CCC2CC2)CCCC1. The van der Waals surface area contributed by atoms with Gasteiger partial charge >= 0.3 is 0 Å². The molecule has 2 aliphatic carbocycles. The predicted molar refractivity (Wildman–Crippen MR) is 56.2 cm³/mol. The molecule has 2 fully saturated rings. The van der Waals surface area contributed by atoms with Gasteiger partial charge in [-0.1, -0.05) is 25.7 Å². The van der Waals surface area contributed by atoms with Gasteiger partial charge in [0.15, 0.2) is 0 Å². The number of methoxy groups -OCH3 is 1. The van der Waals surface area contributed by atoms with Crippen molar-refractivity contribution in [3.8, 4) is 0 Å². The van der Waals surface area contributed by atoms with Crippen LogP contribution in [0.1, 0.15) is 51.4 Å². The summed E-state index contributed by atoms with van der Waals surface area (Å²) in [6.07, 6.45) is 9.22. The van der Waals surface area contributed by atoms with Crippen LogP contribution in [0.25, 0.3) is 0 Å². The Morgan fingerprint density at radius 2 is 2.00 bits per heavy atom. The number of hydrogen-bond donors (Lipinski definition) is 1. The second kappa shape index (κ2) is 4.19. The van der Waals surface area contributed by atoms with Crippen LogP contribution >= 0.6 is 0 Å². The molecule has 0 aromatic carbocycles. The summed E-state index contributed by atoms with van der Waals surface area (Å²) in [4.78, 5) is 0. The van der Waals surface area contributed by atoms with Crippen molar-refractivity contribution in [3.63, 3.8) is 0 Å². The quantitative estimate of drug-likeness (QED) is 0.735. The van der Waals surface area contributed by atoms with E-state index >= 15 is 0 Å². The van der Waals surface area contributed by atoms with E-state index < -0.39 is 0 Å². The topological polar surface area (TPSA) is 29.5 Å². The molecule has 0 aromatic heterocycles. The average molecular weight is 198 g/mol. The highest BCUT2D eigenvalue weighted by Crippen LogP contribution is 2.40. The monoisotopic (exact) mass is 198 g/mol. The molecular formula is C12H22O2. The van der Waals surface area contributed by atoms with Crippen molar-refractivity contribution in [2.24, 2.45) is 5.92 Å². The van der Waals surface area contributed by atoms with E-state index in [0.717, 1.165) is 25.2 Å². The van der Waals surface area contributed by atoms with Gasteiger partial charge in [0.2, 0.25) is 0 Å². The zero-order valence-corrected chi connectivity index (χ0v) is 9.17. The van der Waals surface area contributed by atoms with Gasteiger partial charge in [0, 0.05) is 7.11 Å². The standard InChI is InChI=1S/C12H22O2/c1-14-12(8-2-3-9-12)11(13)7-6-10-4-5-10/h10-11,13H,2-9H2,1H3. The normalized spacial score (nSPS) is 27.9. The molecule has 82 valence electrons. The van der Waals surface area contributed by atoms with Gasteiger partial charge in [0.25, 0.3) is 0 Å². The first-order chi connectivity index (χ1) is 6.77. The maximum atomic E-state index is 10.2. The largest absolute Gasteiger partial charge is 0.390 e. The van der Waals surface area contributed by atoms with Gasteiger partial charge in [-0.05, 0) is 31.6 Å². The molecule has 0 spiro atoms. The smallest absolute Gasteiger partial charge is 0.0936 e. The highest BCUT2D eigenvalue weighted by Gasteiger charge is 2.41. The molecule has 2 rings (SSSR count). The zero-order chi connectivity index (χ0) is 10.0. The third-order valence-corrected chi connectivity index (χ3v) is 4.01. The molecule has 2 nitrogen and oxygen atoms in total. The van der Waals surface area contributed by atoms with Crippen molar-refractivity contribution < 1.29 is 9.84 Å². The van der Waals surface area contributed by atoms with Gasteiger partial charge in [-0.15, -0.1) is 0 Å². The van der Waals surface area contributed by atoms with E-state index in [-0.39, 0.29) is 11.7 Å². The summed E-state index contributed by atoms with van der Waals surface area (Å²) in [7, 11) is 1.76. The first-order valence-electron chi connectivity index (χ1n) is 6.00. The van der Waals surface area contributed by atoms with Crippen LogP contribution in [0.15, 0.2) is 0 Å². The molecule has 1 N–H and O–H groups in total. The van der Waals surface area contributed by atoms with E-state index in [1.165, 1.54) is 32.1 Å². The maximum absolute atomic E-state index is 10.2. The Hall–Kier alpha value is -0.0800.